The van der Waals surface area contributed by atoms with Crippen LogP contribution in [-0.2, 0) is 16.4 Å². The van der Waals surface area contributed by atoms with Gasteiger partial charge in [-0.2, -0.15) is 0 Å². The van der Waals surface area contributed by atoms with Gasteiger partial charge in [0.05, 0.1) is 10.5 Å². The van der Waals surface area contributed by atoms with Crippen LogP contribution in [0.5, 0.6) is 5.75 Å². The second kappa shape index (κ2) is 8.26. The van der Waals surface area contributed by atoms with Crippen molar-refractivity contribution in [2.75, 3.05) is 12.3 Å². The molecule has 1 aromatic heterocycles. The third kappa shape index (κ3) is 5.60. The lowest BCUT2D eigenvalue weighted by atomic mass is 10.3. The minimum atomic E-state index is -3.28. The van der Waals surface area contributed by atoms with Crippen LogP contribution in [-0.4, -0.2) is 31.4 Å². The zero-order valence-corrected chi connectivity index (χ0v) is 17.3. The number of sulfone groups is 1. The summed E-state index contributed by atoms with van der Waals surface area (Å²) >= 11 is 3.36. The molecule has 0 radical (unpaired) electrons. The number of carbonyl (C=O) groups excluding carboxylic acids is 1. The van der Waals surface area contributed by atoms with Crippen molar-refractivity contribution in [2.45, 2.75) is 32.1 Å². The molecule has 0 aliphatic rings. The summed E-state index contributed by atoms with van der Waals surface area (Å²) in [5.74, 6) is 0.711. The Morgan fingerprint density at radius 3 is 2.62 bits per heavy atom. The summed E-state index contributed by atoms with van der Waals surface area (Å²) < 4.78 is 35.1. The summed E-state index contributed by atoms with van der Waals surface area (Å²) in [5.41, 5.74) is 0. The lowest BCUT2D eigenvalue weighted by molar-refractivity contribution is 0.0924. The van der Waals surface area contributed by atoms with Crippen LogP contribution >= 0.6 is 15.9 Å². The highest BCUT2D eigenvalue weighted by Crippen LogP contribution is 2.19. The molecule has 142 valence electrons. The zero-order valence-electron chi connectivity index (χ0n) is 14.9. The molecule has 8 heteroatoms. The van der Waals surface area contributed by atoms with Gasteiger partial charge in [-0.05, 0) is 51.1 Å². The molecule has 1 heterocycles. The van der Waals surface area contributed by atoms with Crippen molar-refractivity contribution in [1.29, 1.82) is 0 Å². The Bertz CT molecular complexity index is 868. The number of hydrogen-bond acceptors (Lipinski definition) is 5. The summed E-state index contributed by atoms with van der Waals surface area (Å²) in [6, 6.07) is 10.6. The second-order valence-electron chi connectivity index (χ2n) is 6.70. The molecule has 0 atom stereocenters. The molecule has 0 saturated heterocycles. The third-order valence-electron chi connectivity index (χ3n) is 3.65. The van der Waals surface area contributed by atoms with Crippen LogP contribution in [0.15, 0.2) is 45.3 Å². The number of furan rings is 1. The Hall–Kier alpha value is -1.80. The molecule has 2 aromatic rings. The van der Waals surface area contributed by atoms with Crippen molar-refractivity contribution in [1.82, 2.24) is 5.32 Å². The van der Waals surface area contributed by atoms with E-state index in [1.807, 2.05) is 24.3 Å². The van der Waals surface area contributed by atoms with Gasteiger partial charge in [0.1, 0.15) is 18.1 Å². The molecule has 0 bridgehead atoms. The molecule has 6 nitrogen and oxygen atoms in total. The predicted octanol–water partition coefficient (Wildman–Crippen LogP) is 3.56. The van der Waals surface area contributed by atoms with E-state index in [-0.39, 0.29) is 24.7 Å². The average Bonchev–Trinajstić information content (AvgIpc) is 3.01. The number of nitrogens with one attached hydrogen (secondary N) is 1. The number of carbonyl (C=O) groups is 1. The van der Waals surface area contributed by atoms with Gasteiger partial charge in [-0.15, -0.1) is 0 Å². The molecule has 0 unspecified atom stereocenters. The summed E-state index contributed by atoms with van der Waals surface area (Å²) in [6.07, 6.45) is 0. The van der Waals surface area contributed by atoms with E-state index in [1.165, 1.54) is 6.07 Å². The summed E-state index contributed by atoms with van der Waals surface area (Å²) in [4.78, 5) is 12.1. The Morgan fingerprint density at radius 2 is 1.96 bits per heavy atom. The number of benzene rings is 1. The van der Waals surface area contributed by atoms with Gasteiger partial charge >= 0.3 is 0 Å². The maximum Gasteiger partial charge on any atom is 0.287 e. The molecule has 1 N–H and O–H groups in total. The quantitative estimate of drug-likeness (QED) is 0.706. The average molecular weight is 444 g/mol. The molecule has 1 amide bonds. The fourth-order valence-corrected chi connectivity index (χ4v) is 3.34. The van der Waals surface area contributed by atoms with E-state index in [0.717, 1.165) is 4.47 Å². The van der Waals surface area contributed by atoms with Crippen LogP contribution in [0.25, 0.3) is 0 Å². The van der Waals surface area contributed by atoms with Crippen molar-refractivity contribution in [3.8, 4) is 5.75 Å². The van der Waals surface area contributed by atoms with Crippen LogP contribution in [0.3, 0.4) is 0 Å². The van der Waals surface area contributed by atoms with Crippen LogP contribution in [0.1, 0.15) is 37.1 Å². The highest BCUT2D eigenvalue weighted by atomic mass is 79.9. The summed E-state index contributed by atoms with van der Waals surface area (Å²) in [7, 11) is -3.28. The van der Waals surface area contributed by atoms with E-state index in [0.29, 0.717) is 11.5 Å². The number of amides is 1. The first-order valence-electron chi connectivity index (χ1n) is 8.06. The van der Waals surface area contributed by atoms with Gasteiger partial charge in [0.2, 0.25) is 0 Å². The first-order chi connectivity index (χ1) is 12.1. The third-order valence-corrected chi connectivity index (χ3v) is 6.75. The van der Waals surface area contributed by atoms with E-state index in [4.69, 9.17) is 9.15 Å². The normalized spacial score (nSPS) is 12.0. The smallest absolute Gasteiger partial charge is 0.287 e. The van der Waals surface area contributed by atoms with Crippen LogP contribution in [0.4, 0.5) is 0 Å². The maximum atomic E-state index is 12.1. The van der Waals surface area contributed by atoms with Gasteiger partial charge in [-0.1, -0.05) is 22.0 Å². The first-order valence-corrected chi connectivity index (χ1v) is 10.5. The molecule has 26 heavy (non-hydrogen) atoms. The predicted molar refractivity (Wildman–Crippen MR) is 103 cm³/mol. The Morgan fingerprint density at radius 1 is 1.23 bits per heavy atom. The number of halogens is 1. The van der Waals surface area contributed by atoms with Gasteiger partial charge in [-0.3, -0.25) is 4.79 Å². The Labute approximate surface area is 162 Å². The number of rotatable bonds is 7. The fraction of sp³-hybridized carbons (Fsp3) is 0.389. The van der Waals surface area contributed by atoms with Crippen molar-refractivity contribution >= 4 is 31.7 Å². The summed E-state index contributed by atoms with van der Waals surface area (Å²) in [6.45, 7) is 5.11. The minimum Gasteiger partial charge on any atom is -0.486 e. The van der Waals surface area contributed by atoms with E-state index in [2.05, 4.69) is 21.2 Å². The van der Waals surface area contributed by atoms with E-state index in [1.54, 1.807) is 26.8 Å². The minimum absolute atomic E-state index is 0.0308. The Kier molecular flexibility index (Phi) is 6.52. The van der Waals surface area contributed by atoms with Gasteiger partial charge in [0.25, 0.3) is 5.91 Å². The molecule has 0 aliphatic heterocycles. The van der Waals surface area contributed by atoms with E-state index < -0.39 is 20.5 Å². The van der Waals surface area contributed by atoms with Crippen LogP contribution < -0.4 is 10.1 Å². The molecule has 0 spiro atoms. The standard InChI is InChI=1S/C18H22BrNO5S/c1-18(2,3)26(22,23)10-9-20-17(21)16-8-7-15(25-16)12-24-14-6-4-5-13(19)11-14/h4-8,11H,9-10,12H2,1-3H3,(H,20,21). The first kappa shape index (κ1) is 20.5. The zero-order chi connectivity index (χ0) is 19.4. The lowest BCUT2D eigenvalue weighted by Gasteiger charge is -2.18. The maximum absolute atomic E-state index is 12.1. The highest BCUT2D eigenvalue weighted by molar-refractivity contribution is 9.10. The molecule has 0 aliphatic carbocycles. The monoisotopic (exact) mass is 443 g/mol. The van der Waals surface area contributed by atoms with Gasteiger partial charge in [0.15, 0.2) is 15.6 Å². The molecule has 2 rings (SSSR count). The Balaban J connectivity index is 1.86. The van der Waals surface area contributed by atoms with Gasteiger partial charge in [-0.25, -0.2) is 8.42 Å². The lowest BCUT2D eigenvalue weighted by Crippen LogP contribution is -2.36. The van der Waals surface area contributed by atoms with Crippen molar-refractivity contribution in [2.24, 2.45) is 0 Å². The largest absolute Gasteiger partial charge is 0.486 e. The molecule has 0 saturated carbocycles. The van der Waals surface area contributed by atoms with Crippen LogP contribution in [0.2, 0.25) is 0 Å². The molecule has 0 fully saturated rings. The molecular formula is C18H22BrNO5S. The van der Waals surface area contributed by atoms with E-state index in [9.17, 15) is 13.2 Å². The van der Waals surface area contributed by atoms with Crippen molar-refractivity contribution < 1.29 is 22.4 Å². The van der Waals surface area contributed by atoms with Gasteiger partial charge in [0, 0.05) is 11.0 Å². The highest BCUT2D eigenvalue weighted by Gasteiger charge is 2.28. The number of ether oxygens (including phenoxy) is 1. The van der Waals surface area contributed by atoms with Crippen molar-refractivity contribution in [3.63, 3.8) is 0 Å². The van der Waals surface area contributed by atoms with Crippen molar-refractivity contribution in [3.05, 3.63) is 52.4 Å². The summed E-state index contributed by atoms with van der Waals surface area (Å²) in [5, 5.41) is 2.56. The van der Waals surface area contributed by atoms with Crippen LogP contribution in [0, 0.1) is 0 Å². The second-order valence-corrected chi connectivity index (χ2v) is 10.5. The molecule has 1 aromatic carbocycles. The fourth-order valence-electron chi connectivity index (χ4n) is 1.98. The van der Waals surface area contributed by atoms with Gasteiger partial charge < -0.3 is 14.5 Å². The van der Waals surface area contributed by atoms with E-state index >= 15 is 0 Å². The SMILES string of the molecule is CC(C)(C)S(=O)(=O)CCNC(=O)c1ccc(COc2cccc(Br)c2)o1. The number of hydrogen-bond donors (Lipinski definition) is 1. The molecular weight excluding hydrogens is 422 g/mol. The topological polar surface area (TPSA) is 85.6 Å².